The SMILES string of the molecule is CC1=CC[C@@H](S(=O)(=O)c2ccccc2)CC1. The lowest BCUT2D eigenvalue weighted by atomic mass is 10.0. The van der Waals surface area contributed by atoms with Crippen LogP contribution in [0.5, 0.6) is 0 Å². The third-order valence-corrected chi connectivity index (χ3v) is 5.34. The molecule has 2 nitrogen and oxygen atoms in total. The lowest BCUT2D eigenvalue weighted by molar-refractivity contribution is 0.565. The van der Waals surface area contributed by atoms with Gasteiger partial charge in [0.25, 0.3) is 0 Å². The van der Waals surface area contributed by atoms with Crippen LogP contribution in [0.4, 0.5) is 0 Å². The van der Waals surface area contributed by atoms with E-state index in [2.05, 4.69) is 13.0 Å². The first-order valence-corrected chi connectivity index (χ1v) is 7.10. The van der Waals surface area contributed by atoms with Gasteiger partial charge in [-0.15, -0.1) is 0 Å². The molecule has 1 aliphatic rings. The molecule has 1 aromatic carbocycles. The highest BCUT2D eigenvalue weighted by Crippen LogP contribution is 2.27. The van der Waals surface area contributed by atoms with E-state index >= 15 is 0 Å². The Balaban J connectivity index is 2.28. The van der Waals surface area contributed by atoms with Crippen LogP contribution in [0.3, 0.4) is 0 Å². The Hall–Kier alpha value is -1.09. The number of hydrogen-bond donors (Lipinski definition) is 0. The van der Waals surface area contributed by atoms with Gasteiger partial charge in [0.1, 0.15) is 0 Å². The zero-order valence-electron chi connectivity index (χ0n) is 9.39. The predicted octanol–water partition coefficient (Wildman–Crippen LogP) is 2.96. The maximum Gasteiger partial charge on any atom is 0.181 e. The topological polar surface area (TPSA) is 34.1 Å². The number of benzene rings is 1. The molecule has 3 heteroatoms. The van der Waals surface area contributed by atoms with Crippen molar-refractivity contribution in [2.24, 2.45) is 0 Å². The van der Waals surface area contributed by atoms with E-state index in [4.69, 9.17) is 0 Å². The fourth-order valence-corrected chi connectivity index (χ4v) is 3.72. The molecule has 0 aromatic heterocycles. The van der Waals surface area contributed by atoms with Gasteiger partial charge in [-0.2, -0.15) is 0 Å². The molecule has 0 saturated heterocycles. The molecule has 0 saturated carbocycles. The normalized spacial score (nSPS) is 21.6. The molecule has 0 heterocycles. The first-order chi connectivity index (χ1) is 7.60. The largest absolute Gasteiger partial charge is 0.223 e. The molecule has 0 N–H and O–H groups in total. The van der Waals surface area contributed by atoms with Gasteiger partial charge < -0.3 is 0 Å². The molecule has 0 fully saturated rings. The van der Waals surface area contributed by atoms with Crippen LogP contribution >= 0.6 is 0 Å². The molecule has 86 valence electrons. The molecule has 0 bridgehead atoms. The summed E-state index contributed by atoms with van der Waals surface area (Å²) in [5.41, 5.74) is 1.31. The van der Waals surface area contributed by atoms with Crippen molar-refractivity contribution >= 4 is 9.84 Å². The average molecular weight is 236 g/mol. The zero-order chi connectivity index (χ0) is 11.6. The van der Waals surface area contributed by atoms with Crippen LogP contribution in [0.15, 0.2) is 46.9 Å². The van der Waals surface area contributed by atoms with Gasteiger partial charge in [-0.25, -0.2) is 8.42 Å². The van der Waals surface area contributed by atoms with E-state index in [0.29, 0.717) is 11.3 Å². The third kappa shape index (κ3) is 2.19. The van der Waals surface area contributed by atoms with Gasteiger partial charge in [0.05, 0.1) is 10.1 Å². The van der Waals surface area contributed by atoms with Gasteiger partial charge in [-0.05, 0) is 38.3 Å². The fraction of sp³-hybridized carbons (Fsp3) is 0.385. The Morgan fingerprint density at radius 1 is 1.19 bits per heavy atom. The maximum atomic E-state index is 12.3. The van der Waals surface area contributed by atoms with Crippen molar-refractivity contribution in [3.63, 3.8) is 0 Å². The summed E-state index contributed by atoms with van der Waals surface area (Å²) in [4.78, 5) is 0.452. The van der Waals surface area contributed by atoms with Crippen LogP contribution in [0.25, 0.3) is 0 Å². The van der Waals surface area contributed by atoms with Crippen molar-refractivity contribution in [2.75, 3.05) is 0 Å². The molecule has 1 atom stereocenters. The summed E-state index contributed by atoms with van der Waals surface area (Å²) in [6, 6.07) is 8.75. The molecule has 0 unspecified atom stereocenters. The van der Waals surface area contributed by atoms with Crippen LogP contribution in [0, 0.1) is 0 Å². The summed E-state index contributed by atoms with van der Waals surface area (Å²) in [6.45, 7) is 2.06. The van der Waals surface area contributed by atoms with Gasteiger partial charge in [0, 0.05) is 0 Å². The molecule has 2 rings (SSSR count). The minimum absolute atomic E-state index is 0.237. The molecule has 0 aliphatic heterocycles. The highest BCUT2D eigenvalue weighted by atomic mass is 32.2. The third-order valence-electron chi connectivity index (χ3n) is 3.10. The second-order valence-corrected chi connectivity index (χ2v) is 6.53. The highest BCUT2D eigenvalue weighted by molar-refractivity contribution is 7.92. The van der Waals surface area contributed by atoms with Crippen LogP contribution in [0.1, 0.15) is 26.2 Å². The van der Waals surface area contributed by atoms with E-state index in [-0.39, 0.29) is 5.25 Å². The lowest BCUT2D eigenvalue weighted by Gasteiger charge is -2.20. The van der Waals surface area contributed by atoms with E-state index in [1.165, 1.54) is 5.57 Å². The Morgan fingerprint density at radius 3 is 2.44 bits per heavy atom. The van der Waals surface area contributed by atoms with Crippen LogP contribution in [-0.2, 0) is 9.84 Å². The smallest absolute Gasteiger partial charge is 0.181 e. The maximum absolute atomic E-state index is 12.3. The Morgan fingerprint density at radius 2 is 1.88 bits per heavy atom. The second kappa shape index (κ2) is 4.42. The van der Waals surface area contributed by atoms with Crippen molar-refractivity contribution in [3.05, 3.63) is 42.0 Å². The summed E-state index contributed by atoms with van der Waals surface area (Å²) in [6.07, 6.45) is 4.36. The Kier molecular flexibility index (Phi) is 3.15. The molecule has 16 heavy (non-hydrogen) atoms. The molecular weight excluding hydrogens is 220 g/mol. The quantitative estimate of drug-likeness (QED) is 0.740. The minimum atomic E-state index is -3.13. The van der Waals surface area contributed by atoms with E-state index in [1.807, 2.05) is 6.07 Å². The molecule has 1 aliphatic carbocycles. The van der Waals surface area contributed by atoms with Crippen molar-refractivity contribution in [1.29, 1.82) is 0 Å². The molecule has 0 radical (unpaired) electrons. The van der Waals surface area contributed by atoms with Gasteiger partial charge in [-0.1, -0.05) is 29.8 Å². The standard InChI is InChI=1S/C13H16O2S/c1-11-7-9-13(10-8-11)16(14,15)12-5-3-2-4-6-12/h2-7,13H,8-10H2,1H3/t13-/m1/s1. The summed E-state index contributed by atoms with van der Waals surface area (Å²) < 4.78 is 24.5. The number of sulfone groups is 1. The van der Waals surface area contributed by atoms with Gasteiger partial charge in [0.2, 0.25) is 0 Å². The zero-order valence-corrected chi connectivity index (χ0v) is 10.2. The predicted molar refractivity (Wildman–Crippen MR) is 65.0 cm³/mol. The summed E-state index contributed by atoms with van der Waals surface area (Å²) in [5, 5.41) is -0.237. The van der Waals surface area contributed by atoms with Crippen molar-refractivity contribution < 1.29 is 8.42 Å². The van der Waals surface area contributed by atoms with E-state index in [1.54, 1.807) is 24.3 Å². The summed E-state index contributed by atoms with van der Waals surface area (Å²) in [5.74, 6) is 0. The average Bonchev–Trinajstić information content (AvgIpc) is 2.31. The Bertz CT molecular complexity index is 486. The van der Waals surface area contributed by atoms with Crippen molar-refractivity contribution in [3.8, 4) is 0 Å². The van der Waals surface area contributed by atoms with E-state index < -0.39 is 9.84 Å². The minimum Gasteiger partial charge on any atom is -0.223 e. The summed E-state index contributed by atoms with van der Waals surface area (Å²) in [7, 11) is -3.13. The number of hydrogen-bond acceptors (Lipinski definition) is 2. The molecular formula is C13H16O2S. The number of allylic oxidation sites excluding steroid dienone is 2. The number of rotatable bonds is 2. The first kappa shape index (κ1) is 11.4. The Labute approximate surface area is 96.9 Å². The lowest BCUT2D eigenvalue weighted by Crippen LogP contribution is -2.23. The fourth-order valence-electron chi connectivity index (χ4n) is 2.03. The van der Waals surface area contributed by atoms with E-state index in [9.17, 15) is 8.42 Å². The van der Waals surface area contributed by atoms with Gasteiger partial charge >= 0.3 is 0 Å². The van der Waals surface area contributed by atoms with Crippen molar-refractivity contribution in [2.45, 2.75) is 36.3 Å². The first-order valence-electron chi connectivity index (χ1n) is 5.55. The van der Waals surface area contributed by atoms with Gasteiger partial charge in [0.15, 0.2) is 9.84 Å². The van der Waals surface area contributed by atoms with E-state index in [0.717, 1.165) is 12.8 Å². The van der Waals surface area contributed by atoms with Crippen molar-refractivity contribution in [1.82, 2.24) is 0 Å². The second-order valence-electron chi connectivity index (χ2n) is 4.30. The molecule has 0 amide bonds. The van der Waals surface area contributed by atoms with Crippen LogP contribution < -0.4 is 0 Å². The van der Waals surface area contributed by atoms with Gasteiger partial charge in [-0.3, -0.25) is 0 Å². The van der Waals surface area contributed by atoms with Crippen LogP contribution in [0.2, 0.25) is 0 Å². The molecule has 1 aromatic rings. The monoisotopic (exact) mass is 236 g/mol. The molecule has 0 spiro atoms. The highest BCUT2D eigenvalue weighted by Gasteiger charge is 2.27. The summed E-state index contributed by atoms with van der Waals surface area (Å²) >= 11 is 0. The van der Waals surface area contributed by atoms with Crippen LogP contribution in [-0.4, -0.2) is 13.7 Å².